The van der Waals surface area contributed by atoms with E-state index >= 15 is 0 Å². The number of aliphatic imine (C=N–C) groups is 1. The Morgan fingerprint density at radius 2 is 2.06 bits per heavy atom. The summed E-state index contributed by atoms with van der Waals surface area (Å²) in [4.78, 5) is 4.27. The highest BCUT2D eigenvalue weighted by Gasteiger charge is 2.11. The maximum absolute atomic E-state index is 5.65. The van der Waals surface area contributed by atoms with Gasteiger partial charge in [0.05, 0.1) is 5.84 Å². The Balaban J connectivity index is 1.98. The minimum atomic E-state index is 0.622. The van der Waals surface area contributed by atoms with Crippen LogP contribution in [-0.2, 0) is 6.42 Å². The first-order valence-corrected chi connectivity index (χ1v) is 5.97. The quantitative estimate of drug-likeness (QED) is 0.638. The molecule has 4 nitrogen and oxygen atoms in total. The number of amidine groups is 1. The summed E-state index contributed by atoms with van der Waals surface area (Å²) in [5.74, 6) is 2.38. The summed E-state index contributed by atoms with van der Waals surface area (Å²) >= 11 is 0. The number of nitrogens with two attached hydrogens (primary N) is 1. The van der Waals surface area contributed by atoms with Gasteiger partial charge in [0, 0.05) is 13.0 Å². The van der Waals surface area contributed by atoms with Gasteiger partial charge in [0.2, 0.25) is 0 Å². The van der Waals surface area contributed by atoms with E-state index in [9.17, 15) is 0 Å². The molecule has 0 spiro atoms. The maximum Gasteiger partial charge on any atom is 0.161 e. The van der Waals surface area contributed by atoms with Crippen LogP contribution in [-0.4, -0.2) is 25.6 Å². The Kier molecular flexibility index (Phi) is 3.85. The molecule has 1 aliphatic rings. The van der Waals surface area contributed by atoms with Crippen LogP contribution < -0.4 is 15.2 Å². The van der Waals surface area contributed by atoms with Crippen LogP contribution in [0.1, 0.15) is 18.9 Å². The normalized spacial score (nSPS) is 14.8. The average molecular weight is 234 g/mol. The van der Waals surface area contributed by atoms with Gasteiger partial charge < -0.3 is 15.2 Å². The Labute approximate surface area is 101 Å². The molecule has 1 aromatic carbocycles. The lowest BCUT2D eigenvalue weighted by Crippen LogP contribution is -2.15. The van der Waals surface area contributed by atoms with Crippen molar-refractivity contribution in [2.45, 2.75) is 19.8 Å². The molecule has 4 heteroatoms. The average Bonchev–Trinajstić information content (AvgIpc) is 2.38. The third-order valence-corrected chi connectivity index (χ3v) is 2.68. The number of fused-ring (bicyclic) bond motifs is 1. The summed E-state index contributed by atoms with van der Waals surface area (Å²) in [6.45, 7) is 3.98. The van der Waals surface area contributed by atoms with Crippen molar-refractivity contribution in [2.75, 3.05) is 19.8 Å². The fourth-order valence-electron chi connectivity index (χ4n) is 1.68. The van der Waals surface area contributed by atoms with Crippen LogP contribution >= 0.6 is 0 Å². The van der Waals surface area contributed by atoms with Gasteiger partial charge in [-0.2, -0.15) is 0 Å². The molecule has 0 unspecified atom stereocenters. The highest BCUT2D eigenvalue weighted by atomic mass is 16.6. The van der Waals surface area contributed by atoms with Crippen LogP contribution in [0.5, 0.6) is 11.5 Å². The first-order chi connectivity index (χ1) is 8.29. The molecule has 0 radical (unpaired) electrons. The zero-order valence-corrected chi connectivity index (χ0v) is 10.1. The Bertz CT molecular complexity index is 416. The van der Waals surface area contributed by atoms with E-state index in [1.54, 1.807) is 0 Å². The van der Waals surface area contributed by atoms with Crippen LogP contribution in [0.2, 0.25) is 0 Å². The van der Waals surface area contributed by atoms with Gasteiger partial charge in [-0.05, 0) is 24.1 Å². The minimum Gasteiger partial charge on any atom is -0.486 e. The van der Waals surface area contributed by atoms with Crippen molar-refractivity contribution in [3.05, 3.63) is 23.8 Å². The highest BCUT2D eigenvalue weighted by molar-refractivity contribution is 5.79. The standard InChI is InChI=1S/C13H18N2O2/c1-2-13(14)15-6-5-10-3-4-11-12(9-10)17-8-7-16-11/h3-4,9H,2,5-8H2,1H3,(H2,14,15). The Morgan fingerprint density at radius 3 is 2.82 bits per heavy atom. The SMILES string of the molecule is CCC(N)=NCCc1ccc2c(c1)OCCO2. The van der Waals surface area contributed by atoms with Crippen molar-refractivity contribution in [1.82, 2.24) is 0 Å². The predicted octanol–water partition coefficient (Wildman–Crippen LogP) is 1.77. The van der Waals surface area contributed by atoms with Crippen molar-refractivity contribution in [3.63, 3.8) is 0 Å². The molecule has 0 saturated carbocycles. The van der Waals surface area contributed by atoms with Crippen LogP contribution in [0.3, 0.4) is 0 Å². The van der Waals surface area contributed by atoms with E-state index in [1.807, 2.05) is 25.1 Å². The van der Waals surface area contributed by atoms with Gasteiger partial charge in [0.1, 0.15) is 13.2 Å². The molecule has 0 bridgehead atoms. The smallest absolute Gasteiger partial charge is 0.161 e. The van der Waals surface area contributed by atoms with Crippen LogP contribution in [0.15, 0.2) is 23.2 Å². The first kappa shape index (κ1) is 11.8. The Morgan fingerprint density at radius 1 is 1.29 bits per heavy atom. The van der Waals surface area contributed by atoms with Gasteiger partial charge >= 0.3 is 0 Å². The summed E-state index contributed by atoms with van der Waals surface area (Å²) < 4.78 is 11.0. The summed E-state index contributed by atoms with van der Waals surface area (Å²) in [5, 5.41) is 0. The van der Waals surface area contributed by atoms with Gasteiger partial charge in [0.25, 0.3) is 0 Å². The van der Waals surface area contributed by atoms with Gasteiger partial charge in [-0.3, -0.25) is 4.99 Å². The van der Waals surface area contributed by atoms with Crippen LogP contribution in [0.25, 0.3) is 0 Å². The van der Waals surface area contributed by atoms with E-state index in [1.165, 1.54) is 5.56 Å². The molecule has 0 atom stereocenters. The molecule has 1 aliphatic heterocycles. The van der Waals surface area contributed by atoms with Gasteiger partial charge in [-0.15, -0.1) is 0 Å². The van der Waals surface area contributed by atoms with Crippen molar-refractivity contribution in [2.24, 2.45) is 10.7 Å². The molecular weight excluding hydrogens is 216 g/mol. The third-order valence-electron chi connectivity index (χ3n) is 2.68. The molecule has 92 valence electrons. The van der Waals surface area contributed by atoms with E-state index in [0.717, 1.165) is 30.9 Å². The van der Waals surface area contributed by atoms with Gasteiger partial charge in [-0.1, -0.05) is 13.0 Å². The number of hydrogen-bond donors (Lipinski definition) is 1. The number of nitrogens with zero attached hydrogens (tertiary/aromatic N) is 1. The van der Waals surface area contributed by atoms with E-state index in [2.05, 4.69) is 4.99 Å². The van der Waals surface area contributed by atoms with E-state index in [4.69, 9.17) is 15.2 Å². The molecule has 0 aliphatic carbocycles. The Hall–Kier alpha value is -1.71. The topological polar surface area (TPSA) is 56.8 Å². The summed E-state index contributed by atoms with van der Waals surface area (Å²) in [6, 6.07) is 6.02. The summed E-state index contributed by atoms with van der Waals surface area (Å²) in [7, 11) is 0. The van der Waals surface area contributed by atoms with E-state index < -0.39 is 0 Å². The maximum atomic E-state index is 5.65. The number of rotatable bonds is 4. The second-order valence-electron chi connectivity index (χ2n) is 3.95. The molecule has 1 aromatic rings. The number of benzene rings is 1. The fourth-order valence-corrected chi connectivity index (χ4v) is 1.68. The second kappa shape index (κ2) is 5.57. The highest BCUT2D eigenvalue weighted by Crippen LogP contribution is 2.30. The van der Waals surface area contributed by atoms with E-state index in [0.29, 0.717) is 19.0 Å². The lowest BCUT2D eigenvalue weighted by atomic mass is 10.1. The van der Waals surface area contributed by atoms with Crippen molar-refractivity contribution >= 4 is 5.84 Å². The zero-order valence-electron chi connectivity index (χ0n) is 10.1. The van der Waals surface area contributed by atoms with Gasteiger partial charge in [0.15, 0.2) is 11.5 Å². The third kappa shape index (κ3) is 3.12. The monoisotopic (exact) mass is 234 g/mol. The van der Waals surface area contributed by atoms with Crippen LogP contribution in [0, 0.1) is 0 Å². The number of ether oxygens (including phenoxy) is 2. The molecule has 1 heterocycles. The lowest BCUT2D eigenvalue weighted by Gasteiger charge is -2.18. The molecule has 2 N–H and O–H groups in total. The fraction of sp³-hybridized carbons (Fsp3) is 0.462. The second-order valence-corrected chi connectivity index (χ2v) is 3.95. The largest absolute Gasteiger partial charge is 0.486 e. The first-order valence-electron chi connectivity index (χ1n) is 5.97. The minimum absolute atomic E-state index is 0.622. The summed E-state index contributed by atoms with van der Waals surface area (Å²) in [5.41, 5.74) is 6.85. The molecule has 0 aromatic heterocycles. The van der Waals surface area contributed by atoms with Crippen LogP contribution in [0.4, 0.5) is 0 Å². The molecule has 2 rings (SSSR count). The summed E-state index contributed by atoms with van der Waals surface area (Å²) in [6.07, 6.45) is 1.68. The molecule has 0 fully saturated rings. The number of hydrogen-bond acceptors (Lipinski definition) is 3. The predicted molar refractivity (Wildman–Crippen MR) is 67.9 cm³/mol. The van der Waals surface area contributed by atoms with Gasteiger partial charge in [-0.25, -0.2) is 0 Å². The van der Waals surface area contributed by atoms with Crippen molar-refractivity contribution in [3.8, 4) is 11.5 Å². The van der Waals surface area contributed by atoms with E-state index in [-0.39, 0.29) is 0 Å². The van der Waals surface area contributed by atoms with Crippen molar-refractivity contribution < 1.29 is 9.47 Å². The van der Waals surface area contributed by atoms with Crippen molar-refractivity contribution in [1.29, 1.82) is 0 Å². The lowest BCUT2D eigenvalue weighted by molar-refractivity contribution is 0.171. The zero-order chi connectivity index (χ0) is 12.1. The molecule has 17 heavy (non-hydrogen) atoms. The molecule has 0 saturated heterocycles. The molecular formula is C13H18N2O2. The molecule has 0 amide bonds.